The number of sulfone groups is 1. The van der Waals surface area contributed by atoms with E-state index in [0.29, 0.717) is 41.4 Å². The van der Waals surface area contributed by atoms with Gasteiger partial charge in [0.1, 0.15) is 9.84 Å². The predicted molar refractivity (Wildman–Crippen MR) is 142 cm³/mol. The minimum atomic E-state index is -2.97. The maximum atomic E-state index is 12.9. The molecule has 4 rings (SSSR count). The van der Waals surface area contributed by atoms with E-state index in [2.05, 4.69) is 16.0 Å². The number of hydrogen-bond acceptors (Lipinski definition) is 6. The van der Waals surface area contributed by atoms with Crippen molar-refractivity contribution < 1.29 is 23.1 Å². The third-order valence-electron chi connectivity index (χ3n) is 7.27. The summed E-state index contributed by atoms with van der Waals surface area (Å²) in [4.78, 5) is 24.4. The first-order chi connectivity index (χ1) is 17.6. The van der Waals surface area contributed by atoms with Gasteiger partial charge in [0.15, 0.2) is 0 Å². The van der Waals surface area contributed by atoms with E-state index in [-0.39, 0.29) is 35.8 Å². The number of benzene rings is 2. The Hall–Kier alpha value is -3.58. The lowest BCUT2D eigenvalue weighted by Crippen LogP contribution is -2.34. The summed E-state index contributed by atoms with van der Waals surface area (Å²) in [5, 5.41) is 27.5. The highest BCUT2D eigenvalue weighted by atomic mass is 32.2. The van der Waals surface area contributed by atoms with E-state index in [1.807, 2.05) is 31.2 Å². The normalized spacial score (nSPS) is 18.7. The van der Waals surface area contributed by atoms with Crippen molar-refractivity contribution in [2.45, 2.75) is 51.0 Å². The Balaban J connectivity index is 1.55. The molecule has 2 aromatic rings. The highest BCUT2D eigenvalue weighted by molar-refractivity contribution is 7.91. The summed E-state index contributed by atoms with van der Waals surface area (Å²) in [6.07, 6.45) is 3.17. The molecule has 0 bridgehead atoms. The Morgan fingerprint density at radius 3 is 2.27 bits per heavy atom. The van der Waals surface area contributed by atoms with Gasteiger partial charge < -0.3 is 21.1 Å². The quantitative estimate of drug-likeness (QED) is 0.368. The zero-order valence-corrected chi connectivity index (χ0v) is 21.6. The van der Waals surface area contributed by atoms with Gasteiger partial charge in [-0.05, 0) is 92.3 Å². The molecule has 1 saturated carbocycles. The predicted octanol–water partition coefficient (Wildman–Crippen LogP) is 4.80. The maximum Gasteiger partial charge on any atom is 0.323 e. The van der Waals surface area contributed by atoms with E-state index >= 15 is 0 Å². The highest BCUT2D eigenvalue weighted by Gasteiger charge is 2.34. The van der Waals surface area contributed by atoms with Crippen LogP contribution in [0.1, 0.15) is 56.1 Å². The van der Waals surface area contributed by atoms with Gasteiger partial charge in [0, 0.05) is 11.7 Å². The third kappa shape index (κ3) is 7.23. The van der Waals surface area contributed by atoms with Crippen molar-refractivity contribution in [2.75, 3.05) is 27.5 Å². The molecule has 2 aliphatic rings. The average Bonchev–Trinajstić information content (AvgIpc) is 3.69. The molecule has 0 radical (unpaired) electrons. The second kappa shape index (κ2) is 11.2. The van der Waals surface area contributed by atoms with Crippen LogP contribution in [0, 0.1) is 23.2 Å². The monoisotopic (exact) mass is 524 g/mol. The smallest absolute Gasteiger partial charge is 0.323 e. The molecule has 37 heavy (non-hydrogen) atoms. The van der Waals surface area contributed by atoms with E-state index < -0.39 is 21.8 Å². The molecule has 1 saturated heterocycles. The van der Waals surface area contributed by atoms with Gasteiger partial charge in [-0.3, -0.25) is 4.79 Å². The van der Waals surface area contributed by atoms with E-state index in [9.17, 15) is 23.1 Å². The van der Waals surface area contributed by atoms with Crippen LogP contribution in [-0.4, -0.2) is 43.1 Å². The fourth-order valence-electron chi connectivity index (χ4n) is 4.95. The van der Waals surface area contributed by atoms with Gasteiger partial charge in [-0.2, -0.15) is 5.26 Å². The summed E-state index contributed by atoms with van der Waals surface area (Å²) >= 11 is 0. The van der Waals surface area contributed by atoms with E-state index in [1.54, 1.807) is 24.3 Å². The first-order valence-electron chi connectivity index (χ1n) is 12.5. The van der Waals surface area contributed by atoms with Gasteiger partial charge in [-0.25, -0.2) is 13.2 Å². The molecule has 2 amide bonds. The van der Waals surface area contributed by atoms with Crippen LogP contribution in [0.2, 0.25) is 0 Å². The number of urea groups is 1. The van der Waals surface area contributed by atoms with Gasteiger partial charge in [0.05, 0.1) is 40.9 Å². The molecule has 1 aliphatic carbocycles. The van der Waals surface area contributed by atoms with Crippen LogP contribution < -0.4 is 16.0 Å². The van der Waals surface area contributed by atoms with Crippen molar-refractivity contribution in [1.29, 1.82) is 5.26 Å². The maximum absolute atomic E-state index is 12.9. The Morgan fingerprint density at radius 2 is 1.68 bits per heavy atom. The molecular formula is C27H32N4O5S. The van der Waals surface area contributed by atoms with E-state index in [0.717, 1.165) is 18.4 Å². The summed E-state index contributed by atoms with van der Waals surface area (Å²) in [5.74, 6) is -0.131. The largest absolute Gasteiger partial charge is 0.481 e. The van der Waals surface area contributed by atoms with E-state index in [4.69, 9.17) is 5.26 Å². The molecule has 2 atom stereocenters. The van der Waals surface area contributed by atoms with Crippen molar-refractivity contribution >= 4 is 38.9 Å². The van der Waals surface area contributed by atoms with Crippen molar-refractivity contribution in [3.05, 3.63) is 53.6 Å². The van der Waals surface area contributed by atoms with Crippen molar-refractivity contribution in [3.63, 3.8) is 0 Å². The lowest BCUT2D eigenvalue weighted by atomic mass is 9.90. The molecule has 9 nitrogen and oxygen atoms in total. The fourth-order valence-corrected chi connectivity index (χ4v) is 6.48. The number of hydrogen-bond donors (Lipinski definition) is 4. The summed E-state index contributed by atoms with van der Waals surface area (Å²) in [5.41, 5.74) is 3.08. The van der Waals surface area contributed by atoms with Crippen LogP contribution in [0.4, 0.5) is 21.9 Å². The molecule has 10 heteroatoms. The molecule has 1 aliphatic heterocycles. The Kier molecular flexibility index (Phi) is 8.03. The molecule has 4 N–H and O–H groups in total. The van der Waals surface area contributed by atoms with Crippen LogP contribution in [0.3, 0.4) is 0 Å². The van der Waals surface area contributed by atoms with Gasteiger partial charge in [-0.1, -0.05) is 6.07 Å². The number of nitrogens with one attached hydrogen (secondary N) is 3. The SMILES string of the molecule is CC(Nc1ccc(C(CC(=O)O)C2CC2)cc1NC(=O)Nc1ccc(C#N)cc1)C1CCS(=O)(=O)CC1. The Bertz CT molecular complexity index is 1290. The second-order valence-electron chi connectivity index (χ2n) is 10.0. The van der Waals surface area contributed by atoms with Crippen LogP contribution in [0.5, 0.6) is 0 Å². The standard InChI is InChI=1S/C27H32N4O5S/c1-17(19-10-12-37(35,36)13-11-19)29-24-9-6-21(23(15-26(32)33)20-4-5-20)14-25(24)31-27(34)30-22-7-2-18(16-28)3-8-22/h2-3,6-9,14,17,19-20,23,29H,4-5,10-13,15H2,1H3,(H,32,33)(H2,30,31,34). The van der Waals surface area contributed by atoms with Crippen molar-refractivity contribution in [1.82, 2.24) is 0 Å². The number of rotatable bonds is 9. The molecule has 0 aromatic heterocycles. The number of carbonyl (C=O) groups is 2. The topological polar surface area (TPSA) is 148 Å². The zero-order chi connectivity index (χ0) is 26.6. The molecule has 196 valence electrons. The number of carbonyl (C=O) groups excluding carboxylic acids is 1. The lowest BCUT2D eigenvalue weighted by Gasteiger charge is -2.30. The summed E-state index contributed by atoms with van der Waals surface area (Å²) < 4.78 is 23.7. The first-order valence-corrected chi connectivity index (χ1v) is 14.4. The number of nitrogens with zero attached hydrogens (tertiary/aromatic N) is 1. The molecule has 2 aromatic carbocycles. The fraction of sp³-hybridized carbons (Fsp3) is 0.444. The minimum absolute atomic E-state index is 0.0262. The molecular weight excluding hydrogens is 492 g/mol. The van der Waals surface area contributed by atoms with Crippen LogP contribution in [0.25, 0.3) is 0 Å². The number of carboxylic acids is 1. The van der Waals surface area contributed by atoms with Gasteiger partial charge in [-0.15, -0.1) is 0 Å². The Morgan fingerprint density at radius 1 is 1.00 bits per heavy atom. The first kappa shape index (κ1) is 26.5. The zero-order valence-electron chi connectivity index (χ0n) is 20.7. The number of aliphatic carboxylic acids is 1. The van der Waals surface area contributed by atoms with Crippen molar-refractivity contribution in [2.24, 2.45) is 11.8 Å². The van der Waals surface area contributed by atoms with Crippen LogP contribution in [0.15, 0.2) is 42.5 Å². The number of carboxylic acid groups (broad SMARTS) is 1. The molecule has 2 unspecified atom stereocenters. The van der Waals surface area contributed by atoms with Crippen molar-refractivity contribution in [3.8, 4) is 6.07 Å². The second-order valence-corrected chi connectivity index (χ2v) is 12.3. The molecule has 1 heterocycles. The average molecular weight is 525 g/mol. The third-order valence-corrected chi connectivity index (χ3v) is 8.98. The van der Waals surface area contributed by atoms with Crippen LogP contribution >= 0.6 is 0 Å². The van der Waals surface area contributed by atoms with E-state index in [1.165, 1.54) is 0 Å². The summed E-state index contributed by atoms with van der Waals surface area (Å²) in [7, 11) is -2.97. The summed E-state index contributed by atoms with van der Waals surface area (Å²) in [6.45, 7) is 2.01. The molecule has 2 fully saturated rings. The Labute approximate surface area is 217 Å². The summed E-state index contributed by atoms with van der Waals surface area (Å²) in [6, 6.07) is 13.7. The lowest BCUT2D eigenvalue weighted by molar-refractivity contribution is -0.137. The number of amides is 2. The molecule has 0 spiro atoms. The number of nitriles is 1. The van der Waals surface area contributed by atoms with Gasteiger partial charge >= 0.3 is 12.0 Å². The van der Waals surface area contributed by atoms with Gasteiger partial charge in [0.2, 0.25) is 0 Å². The minimum Gasteiger partial charge on any atom is -0.481 e. The van der Waals surface area contributed by atoms with Crippen LogP contribution in [-0.2, 0) is 14.6 Å². The highest BCUT2D eigenvalue weighted by Crippen LogP contribution is 2.45. The van der Waals surface area contributed by atoms with Gasteiger partial charge in [0.25, 0.3) is 0 Å². The number of anilines is 3.